The summed E-state index contributed by atoms with van der Waals surface area (Å²) in [6, 6.07) is 0.189. The van der Waals surface area contributed by atoms with Crippen LogP contribution in [0.4, 0.5) is 0 Å². The predicted molar refractivity (Wildman–Crippen MR) is 71.5 cm³/mol. The van der Waals surface area contributed by atoms with Gasteiger partial charge in [-0.25, -0.2) is 8.42 Å². The van der Waals surface area contributed by atoms with Gasteiger partial charge in [-0.1, -0.05) is 27.7 Å². The van der Waals surface area contributed by atoms with E-state index in [1.165, 1.54) is 0 Å². The normalized spacial score (nSPS) is 19.8. The quantitative estimate of drug-likeness (QED) is 0.834. The molecular weight excluding hydrogens is 236 g/mol. The predicted octanol–water partition coefficient (Wildman–Crippen LogP) is 1.44. The molecule has 0 unspecified atom stereocenters. The molecule has 0 atom stereocenters. The van der Waals surface area contributed by atoms with Gasteiger partial charge in [0.15, 0.2) is 0 Å². The van der Waals surface area contributed by atoms with Crippen molar-refractivity contribution in [1.29, 1.82) is 0 Å². The summed E-state index contributed by atoms with van der Waals surface area (Å²) in [7, 11) is -3.12. The Bertz CT molecular complexity index is 327. The Hall–Kier alpha value is -0.130. The molecule has 102 valence electrons. The van der Waals surface area contributed by atoms with Gasteiger partial charge in [-0.15, -0.1) is 0 Å². The van der Waals surface area contributed by atoms with Crippen molar-refractivity contribution < 1.29 is 8.42 Å². The Balaban J connectivity index is 2.78. The van der Waals surface area contributed by atoms with Crippen molar-refractivity contribution >= 4 is 10.0 Å². The van der Waals surface area contributed by atoms with E-state index in [9.17, 15) is 8.42 Å². The Morgan fingerprint density at radius 2 is 1.76 bits per heavy atom. The van der Waals surface area contributed by atoms with E-state index in [0.29, 0.717) is 6.54 Å². The molecule has 0 saturated carbocycles. The first-order chi connectivity index (χ1) is 7.76. The molecule has 1 fully saturated rings. The maximum Gasteiger partial charge on any atom is 0.214 e. The Kier molecular flexibility index (Phi) is 4.98. The largest absolute Gasteiger partial charge is 0.317 e. The van der Waals surface area contributed by atoms with E-state index in [4.69, 9.17) is 0 Å². The molecule has 1 aliphatic rings. The van der Waals surface area contributed by atoms with Gasteiger partial charge in [0.05, 0.1) is 5.75 Å². The highest BCUT2D eigenvalue weighted by Gasteiger charge is 2.32. The highest BCUT2D eigenvalue weighted by atomic mass is 32.2. The van der Waals surface area contributed by atoms with Crippen LogP contribution in [0.5, 0.6) is 0 Å². The number of nitrogens with zero attached hydrogens (tertiary/aromatic N) is 1. The van der Waals surface area contributed by atoms with Gasteiger partial charge < -0.3 is 5.32 Å². The molecule has 0 amide bonds. The van der Waals surface area contributed by atoms with Crippen LogP contribution < -0.4 is 5.32 Å². The van der Waals surface area contributed by atoms with Crippen LogP contribution in [0.1, 0.15) is 40.5 Å². The molecule has 0 radical (unpaired) electrons. The Morgan fingerprint density at radius 3 is 2.18 bits per heavy atom. The van der Waals surface area contributed by atoms with Crippen LogP contribution in [0.2, 0.25) is 0 Å². The summed E-state index contributed by atoms with van der Waals surface area (Å²) in [6.07, 6.45) is 1.86. The molecule has 1 N–H and O–H groups in total. The first-order valence-electron chi connectivity index (χ1n) is 6.46. The van der Waals surface area contributed by atoms with E-state index in [2.05, 4.69) is 5.32 Å². The number of hydrogen-bond donors (Lipinski definition) is 1. The zero-order valence-corrected chi connectivity index (χ0v) is 12.3. The van der Waals surface area contributed by atoms with E-state index in [1.54, 1.807) is 4.31 Å². The molecule has 1 saturated heterocycles. The SMILES string of the molecule is CCN(C1CCNCC1)S(=O)(=O)CC(C)(C)C. The first kappa shape index (κ1) is 14.9. The second-order valence-corrected chi connectivity index (χ2v) is 7.92. The number of piperidine rings is 1. The van der Waals surface area contributed by atoms with Crippen molar-refractivity contribution in [1.82, 2.24) is 9.62 Å². The summed E-state index contributed by atoms with van der Waals surface area (Å²) < 4.78 is 26.5. The molecule has 1 heterocycles. The smallest absolute Gasteiger partial charge is 0.214 e. The van der Waals surface area contributed by atoms with Crippen LogP contribution in [0, 0.1) is 5.41 Å². The number of nitrogens with one attached hydrogen (secondary N) is 1. The summed E-state index contributed by atoms with van der Waals surface area (Å²) in [5.74, 6) is 0.234. The fourth-order valence-electron chi connectivity index (χ4n) is 2.41. The lowest BCUT2D eigenvalue weighted by molar-refractivity contribution is 0.267. The van der Waals surface area contributed by atoms with E-state index in [0.717, 1.165) is 25.9 Å². The van der Waals surface area contributed by atoms with Crippen molar-refractivity contribution in [2.75, 3.05) is 25.4 Å². The summed E-state index contributed by atoms with van der Waals surface area (Å²) >= 11 is 0. The third-order valence-corrected chi connectivity index (χ3v) is 5.50. The fraction of sp³-hybridized carbons (Fsp3) is 1.00. The van der Waals surface area contributed by atoms with Gasteiger partial charge in [-0.2, -0.15) is 4.31 Å². The molecule has 1 rings (SSSR count). The lowest BCUT2D eigenvalue weighted by atomic mass is 10.0. The molecule has 0 bridgehead atoms. The summed E-state index contributed by atoms with van der Waals surface area (Å²) in [4.78, 5) is 0. The molecular formula is C12H26N2O2S. The second-order valence-electron chi connectivity index (χ2n) is 6.00. The van der Waals surface area contributed by atoms with E-state index in [-0.39, 0.29) is 17.2 Å². The van der Waals surface area contributed by atoms with Crippen molar-refractivity contribution in [3.63, 3.8) is 0 Å². The lowest BCUT2D eigenvalue weighted by Gasteiger charge is -2.34. The Labute approximate surface area is 106 Å². The van der Waals surface area contributed by atoms with Gasteiger partial charge in [0, 0.05) is 12.6 Å². The van der Waals surface area contributed by atoms with Gasteiger partial charge in [0.1, 0.15) is 0 Å². The van der Waals surface area contributed by atoms with E-state index >= 15 is 0 Å². The minimum Gasteiger partial charge on any atom is -0.317 e. The third kappa shape index (κ3) is 4.56. The van der Waals surface area contributed by atoms with Gasteiger partial charge in [-0.3, -0.25) is 0 Å². The van der Waals surface area contributed by atoms with Crippen LogP contribution in [0.15, 0.2) is 0 Å². The molecule has 17 heavy (non-hydrogen) atoms. The highest BCUT2D eigenvalue weighted by molar-refractivity contribution is 7.89. The minimum atomic E-state index is -3.12. The molecule has 4 nitrogen and oxygen atoms in total. The summed E-state index contributed by atoms with van der Waals surface area (Å²) in [5, 5.41) is 3.27. The molecule has 1 aliphatic heterocycles. The molecule has 5 heteroatoms. The number of sulfonamides is 1. The maximum absolute atomic E-state index is 12.4. The second kappa shape index (κ2) is 5.67. The fourth-order valence-corrected chi connectivity index (χ4v) is 4.73. The van der Waals surface area contributed by atoms with Crippen LogP contribution in [0.25, 0.3) is 0 Å². The zero-order chi connectivity index (χ0) is 13.1. The molecule has 0 spiro atoms. The van der Waals surface area contributed by atoms with Gasteiger partial charge >= 0.3 is 0 Å². The van der Waals surface area contributed by atoms with Crippen molar-refractivity contribution in [3.8, 4) is 0 Å². The van der Waals surface area contributed by atoms with E-state index in [1.807, 2.05) is 27.7 Å². The molecule has 0 aromatic heterocycles. The van der Waals surface area contributed by atoms with Crippen molar-refractivity contribution in [2.45, 2.75) is 46.6 Å². The molecule has 0 aliphatic carbocycles. The van der Waals surface area contributed by atoms with Gasteiger partial charge in [0.25, 0.3) is 0 Å². The Morgan fingerprint density at radius 1 is 1.24 bits per heavy atom. The van der Waals surface area contributed by atoms with Gasteiger partial charge in [-0.05, 0) is 31.3 Å². The minimum absolute atomic E-state index is 0.181. The zero-order valence-electron chi connectivity index (χ0n) is 11.5. The standard InChI is InChI=1S/C12H26N2O2S/c1-5-14(11-6-8-13-9-7-11)17(15,16)10-12(2,3)4/h11,13H,5-10H2,1-4H3. The monoisotopic (exact) mass is 262 g/mol. The van der Waals surface area contributed by atoms with Crippen LogP contribution in [-0.4, -0.2) is 44.2 Å². The third-order valence-electron chi connectivity index (χ3n) is 3.00. The van der Waals surface area contributed by atoms with Crippen LogP contribution >= 0.6 is 0 Å². The average Bonchev–Trinajstić information content (AvgIpc) is 2.15. The maximum atomic E-state index is 12.4. The number of rotatable bonds is 4. The average molecular weight is 262 g/mol. The van der Waals surface area contributed by atoms with Crippen molar-refractivity contribution in [2.24, 2.45) is 5.41 Å². The van der Waals surface area contributed by atoms with Gasteiger partial charge in [0.2, 0.25) is 10.0 Å². The molecule has 0 aromatic carbocycles. The summed E-state index contributed by atoms with van der Waals surface area (Å²) in [6.45, 7) is 10.3. The van der Waals surface area contributed by atoms with E-state index < -0.39 is 10.0 Å². The van der Waals surface area contributed by atoms with Crippen LogP contribution in [0.3, 0.4) is 0 Å². The first-order valence-corrected chi connectivity index (χ1v) is 8.07. The van der Waals surface area contributed by atoms with Crippen LogP contribution in [-0.2, 0) is 10.0 Å². The molecule has 0 aromatic rings. The van der Waals surface area contributed by atoms with Crippen molar-refractivity contribution in [3.05, 3.63) is 0 Å². The topological polar surface area (TPSA) is 49.4 Å². The highest BCUT2D eigenvalue weighted by Crippen LogP contribution is 2.22. The lowest BCUT2D eigenvalue weighted by Crippen LogP contribution is -2.48. The summed E-state index contributed by atoms with van der Waals surface area (Å²) in [5.41, 5.74) is -0.181. The number of hydrogen-bond acceptors (Lipinski definition) is 3.